The Morgan fingerprint density at radius 2 is 0.647 bits per heavy atom. The zero-order valence-electron chi connectivity index (χ0n) is 18.8. The molecule has 0 radical (unpaired) electrons. The molecule has 0 rings (SSSR count). The smallest absolute Gasteiger partial charge is 0.200 e. The molecule has 0 heterocycles. The maximum Gasteiger partial charge on any atom is 0.460 e. The van der Waals surface area contributed by atoms with Crippen LogP contribution in [-0.2, 0) is 0 Å². The summed E-state index contributed by atoms with van der Waals surface area (Å²) in [5, 5.41) is 0. The van der Waals surface area contributed by atoms with Gasteiger partial charge in [-0.15, -0.1) is 0 Å². The van der Waals surface area contributed by atoms with E-state index < -0.39 is 48.6 Å². The lowest BCUT2D eigenvalue weighted by atomic mass is 9.91. The van der Waals surface area contributed by atoms with Gasteiger partial charge in [0.05, 0.1) is 0 Å². The van der Waals surface area contributed by atoms with Crippen molar-refractivity contribution in [3.05, 3.63) is 0 Å². The minimum absolute atomic E-state index is 0.163. The number of rotatable bonds is 18. The van der Waals surface area contributed by atoms with Gasteiger partial charge >= 0.3 is 35.8 Å². The molecule has 0 aromatic heterocycles. The van der Waals surface area contributed by atoms with E-state index in [9.17, 15) is 57.1 Å². The van der Waals surface area contributed by atoms with E-state index in [-0.39, 0.29) is 12.8 Å². The van der Waals surface area contributed by atoms with Crippen LogP contribution < -0.4 is 0 Å². The SMILES string of the molecule is CCCCCCCCCCCCCCCC(F)(F)C(F)(F)C(F)(F)C(F)(F)C(F)(F)C(F)(F)F. The molecule has 0 N–H and O–H groups in total. The van der Waals surface area contributed by atoms with Crippen molar-refractivity contribution in [2.24, 2.45) is 0 Å². The van der Waals surface area contributed by atoms with E-state index in [0.29, 0.717) is 12.8 Å². The fourth-order valence-corrected chi connectivity index (χ4v) is 3.32. The van der Waals surface area contributed by atoms with Gasteiger partial charge in [0.2, 0.25) is 0 Å². The van der Waals surface area contributed by atoms with E-state index in [1.807, 2.05) is 0 Å². The van der Waals surface area contributed by atoms with Crippen LogP contribution in [0.1, 0.15) is 96.8 Å². The van der Waals surface area contributed by atoms with E-state index in [1.54, 1.807) is 0 Å². The standard InChI is InChI=1S/C21H31F13/c1-2-3-4-5-6-7-8-9-10-11-12-13-14-15-16(22,23)17(24,25)18(26,27)19(28,29)20(30,31)21(32,33)34/h2-15H2,1H3. The van der Waals surface area contributed by atoms with Crippen molar-refractivity contribution in [1.29, 1.82) is 0 Å². The zero-order chi connectivity index (χ0) is 26.9. The highest BCUT2D eigenvalue weighted by atomic mass is 19.4. The Labute approximate surface area is 190 Å². The number of alkyl halides is 13. The minimum atomic E-state index is -7.82. The fourth-order valence-electron chi connectivity index (χ4n) is 3.32. The molecule has 0 aliphatic heterocycles. The molecule has 0 fully saturated rings. The molecule has 0 unspecified atom stereocenters. The van der Waals surface area contributed by atoms with E-state index in [0.717, 1.165) is 44.9 Å². The lowest BCUT2D eigenvalue weighted by Crippen LogP contribution is -2.70. The summed E-state index contributed by atoms with van der Waals surface area (Å²) in [6, 6.07) is 0. The second-order valence-corrected chi connectivity index (χ2v) is 8.49. The van der Waals surface area contributed by atoms with E-state index in [2.05, 4.69) is 6.92 Å². The van der Waals surface area contributed by atoms with Crippen LogP contribution in [0.5, 0.6) is 0 Å². The van der Waals surface area contributed by atoms with Gasteiger partial charge in [-0.2, -0.15) is 57.1 Å². The molecule has 0 nitrogen and oxygen atoms in total. The zero-order valence-corrected chi connectivity index (χ0v) is 18.8. The predicted octanol–water partition coefficient (Wildman–Crippen LogP) is 10.2. The van der Waals surface area contributed by atoms with Crippen LogP contribution in [-0.4, -0.2) is 35.8 Å². The first kappa shape index (κ1) is 33.1. The molecular formula is C21H31F13. The van der Waals surface area contributed by atoms with Crippen LogP contribution in [0.3, 0.4) is 0 Å². The van der Waals surface area contributed by atoms with Gasteiger partial charge in [0.15, 0.2) is 0 Å². The predicted molar refractivity (Wildman–Crippen MR) is 101 cm³/mol. The quantitative estimate of drug-likeness (QED) is 0.122. The van der Waals surface area contributed by atoms with Gasteiger partial charge in [-0.1, -0.05) is 84.0 Å². The Bertz CT molecular complexity index is 568. The molecular weight excluding hydrogens is 499 g/mol. The summed E-state index contributed by atoms with van der Waals surface area (Å²) >= 11 is 0. The van der Waals surface area contributed by atoms with Crippen molar-refractivity contribution in [3.8, 4) is 0 Å². The average molecular weight is 530 g/mol. The Hall–Kier alpha value is -0.910. The van der Waals surface area contributed by atoms with Gasteiger partial charge in [0.1, 0.15) is 0 Å². The molecule has 0 aliphatic carbocycles. The van der Waals surface area contributed by atoms with Gasteiger partial charge in [-0.05, 0) is 6.42 Å². The minimum Gasteiger partial charge on any atom is -0.200 e. The summed E-state index contributed by atoms with van der Waals surface area (Å²) in [4.78, 5) is 0. The molecule has 0 amide bonds. The Balaban J connectivity index is 4.63. The molecule has 0 saturated carbocycles. The second kappa shape index (κ2) is 12.9. The summed E-state index contributed by atoms with van der Waals surface area (Å²) in [5.74, 6) is -36.3. The number of hydrogen-bond acceptors (Lipinski definition) is 0. The maximum atomic E-state index is 13.6. The van der Waals surface area contributed by atoms with Gasteiger partial charge in [0.25, 0.3) is 0 Å². The summed E-state index contributed by atoms with van der Waals surface area (Å²) in [6.45, 7) is 2.10. The van der Waals surface area contributed by atoms with Crippen LogP contribution in [0.4, 0.5) is 57.1 Å². The molecule has 0 aromatic rings. The van der Waals surface area contributed by atoms with Crippen molar-refractivity contribution >= 4 is 0 Å². The van der Waals surface area contributed by atoms with Crippen molar-refractivity contribution in [2.45, 2.75) is 133 Å². The Kier molecular flexibility index (Phi) is 12.5. The molecule has 206 valence electrons. The van der Waals surface area contributed by atoms with Gasteiger partial charge in [-0.25, -0.2) is 0 Å². The molecule has 13 heteroatoms. The molecule has 34 heavy (non-hydrogen) atoms. The normalized spacial score (nSPS) is 14.6. The maximum absolute atomic E-state index is 13.6. The molecule has 0 aromatic carbocycles. The Morgan fingerprint density at radius 3 is 0.971 bits per heavy atom. The van der Waals surface area contributed by atoms with Crippen molar-refractivity contribution in [1.82, 2.24) is 0 Å². The highest BCUT2D eigenvalue weighted by molar-refractivity contribution is 5.10. The largest absolute Gasteiger partial charge is 0.460 e. The number of hydrogen-bond donors (Lipinski definition) is 0. The summed E-state index contributed by atoms with van der Waals surface area (Å²) in [6.07, 6.45) is -0.489. The van der Waals surface area contributed by atoms with E-state index in [1.165, 1.54) is 6.42 Å². The first-order chi connectivity index (χ1) is 15.3. The van der Waals surface area contributed by atoms with Crippen molar-refractivity contribution in [3.63, 3.8) is 0 Å². The van der Waals surface area contributed by atoms with Crippen molar-refractivity contribution < 1.29 is 57.1 Å². The van der Waals surface area contributed by atoms with Gasteiger partial charge in [-0.3, -0.25) is 0 Å². The van der Waals surface area contributed by atoms with E-state index in [4.69, 9.17) is 0 Å². The second-order valence-electron chi connectivity index (χ2n) is 8.49. The van der Waals surface area contributed by atoms with Crippen LogP contribution in [0, 0.1) is 0 Å². The molecule has 0 atom stereocenters. The monoisotopic (exact) mass is 530 g/mol. The lowest BCUT2D eigenvalue weighted by Gasteiger charge is -2.39. The van der Waals surface area contributed by atoms with Crippen LogP contribution in [0.25, 0.3) is 0 Å². The van der Waals surface area contributed by atoms with Crippen LogP contribution >= 0.6 is 0 Å². The third-order valence-electron chi connectivity index (χ3n) is 5.59. The van der Waals surface area contributed by atoms with Crippen LogP contribution in [0.15, 0.2) is 0 Å². The topological polar surface area (TPSA) is 0 Å². The van der Waals surface area contributed by atoms with Crippen molar-refractivity contribution in [2.75, 3.05) is 0 Å². The molecule has 0 spiro atoms. The van der Waals surface area contributed by atoms with Gasteiger partial charge < -0.3 is 0 Å². The first-order valence-corrected chi connectivity index (χ1v) is 11.3. The summed E-state index contributed by atoms with van der Waals surface area (Å²) in [5.41, 5.74) is 0. The summed E-state index contributed by atoms with van der Waals surface area (Å²) < 4.78 is 169. The fraction of sp³-hybridized carbons (Fsp3) is 1.00. The third-order valence-corrected chi connectivity index (χ3v) is 5.59. The first-order valence-electron chi connectivity index (χ1n) is 11.3. The number of unbranched alkanes of at least 4 members (excludes halogenated alkanes) is 12. The molecule has 0 saturated heterocycles. The molecule has 0 aliphatic rings. The van der Waals surface area contributed by atoms with E-state index >= 15 is 0 Å². The highest BCUT2D eigenvalue weighted by Crippen LogP contribution is 2.60. The number of halogens is 13. The summed E-state index contributed by atoms with van der Waals surface area (Å²) in [7, 11) is 0. The average Bonchev–Trinajstić information content (AvgIpc) is 2.70. The van der Waals surface area contributed by atoms with Crippen LogP contribution in [0.2, 0.25) is 0 Å². The Morgan fingerprint density at radius 1 is 0.353 bits per heavy atom. The molecule has 0 bridgehead atoms. The third kappa shape index (κ3) is 7.80. The van der Waals surface area contributed by atoms with Gasteiger partial charge in [0, 0.05) is 6.42 Å². The lowest BCUT2D eigenvalue weighted by molar-refractivity contribution is -0.440. The highest BCUT2D eigenvalue weighted by Gasteiger charge is 2.90.